The Kier molecular flexibility index (Phi) is 4.31. The Balaban J connectivity index is 2.23. The van der Waals surface area contributed by atoms with Crippen LogP contribution < -0.4 is 10.6 Å². The second-order valence-corrected chi connectivity index (χ2v) is 5.23. The highest BCUT2D eigenvalue weighted by atomic mass is 16.1. The van der Waals surface area contributed by atoms with Crippen molar-refractivity contribution in [1.82, 2.24) is 15.1 Å². The van der Waals surface area contributed by atoms with Crippen molar-refractivity contribution >= 4 is 11.6 Å². The first-order valence-corrected chi connectivity index (χ1v) is 7.02. The van der Waals surface area contributed by atoms with E-state index in [0.29, 0.717) is 5.56 Å². The number of carbonyl (C=O) groups excluding carboxylic acids is 1. The molecule has 1 heterocycles. The summed E-state index contributed by atoms with van der Waals surface area (Å²) in [7, 11) is 3.58. The van der Waals surface area contributed by atoms with Crippen LogP contribution in [0.25, 0.3) is 0 Å². The van der Waals surface area contributed by atoms with Gasteiger partial charge in [-0.15, -0.1) is 0 Å². The van der Waals surface area contributed by atoms with Gasteiger partial charge in [0.05, 0.1) is 11.7 Å². The Hall–Kier alpha value is -2.30. The quantitative estimate of drug-likeness (QED) is 0.908. The van der Waals surface area contributed by atoms with Crippen molar-refractivity contribution in [3.63, 3.8) is 0 Å². The molecule has 2 rings (SSSR count). The van der Waals surface area contributed by atoms with Gasteiger partial charge in [0.2, 0.25) is 0 Å². The summed E-state index contributed by atoms with van der Waals surface area (Å²) >= 11 is 0. The molecule has 0 saturated carbocycles. The molecule has 0 radical (unpaired) electrons. The Morgan fingerprint density at radius 3 is 2.62 bits per heavy atom. The lowest BCUT2D eigenvalue weighted by Gasteiger charge is -2.16. The van der Waals surface area contributed by atoms with Crippen molar-refractivity contribution in [2.45, 2.75) is 26.8 Å². The molecule has 0 aliphatic carbocycles. The monoisotopic (exact) mass is 286 g/mol. The van der Waals surface area contributed by atoms with Crippen LogP contribution in [0.15, 0.2) is 24.3 Å². The standard InChI is InChI=1S/C16H22N4O/c1-10(15-11(2)19-20(5)12(15)3)18-14-8-6-7-13(9-14)16(21)17-4/h6-10,18H,1-5H3,(H,17,21). The highest BCUT2D eigenvalue weighted by Gasteiger charge is 2.16. The number of aryl methyl sites for hydroxylation is 2. The van der Waals surface area contributed by atoms with Gasteiger partial charge in [-0.1, -0.05) is 6.07 Å². The average Bonchev–Trinajstić information content (AvgIpc) is 2.71. The fraction of sp³-hybridized carbons (Fsp3) is 0.375. The number of amides is 1. The molecule has 1 unspecified atom stereocenters. The maximum atomic E-state index is 11.7. The molecule has 1 aromatic heterocycles. The van der Waals surface area contributed by atoms with Gasteiger partial charge in [0.25, 0.3) is 5.91 Å². The van der Waals surface area contributed by atoms with Crippen molar-refractivity contribution in [3.8, 4) is 0 Å². The van der Waals surface area contributed by atoms with Crippen LogP contribution in [0.1, 0.15) is 40.3 Å². The molecule has 1 amide bonds. The molecule has 112 valence electrons. The second kappa shape index (κ2) is 5.99. The molecule has 0 saturated heterocycles. The van der Waals surface area contributed by atoms with Gasteiger partial charge in [0, 0.05) is 36.6 Å². The summed E-state index contributed by atoms with van der Waals surface area (Å²) < 4.78 is 1.89. The van der Waals surface area contributed by atoms with Crippen molar-refractivity contribution in [2.24, 2.45) is 7.05 Å². The van der Waals surface area contributed by atoms with Crippen LogP contribution in [0, 0.1) is 13.8 Å². The minimum Gasteiger partial charge on any atom is -0.378 e. The molecule has 0 bridgehead atoms. The highest BCUT2D eigenvalue weighted by Crippen LogP contribution is 2.25. The van der Waals surface area contributed by atoms with Gasteiger partial charge in [-0.2, -0.15) is 5.10 Å². The number of nitrogens with zero attached hydrogens (tertiary/aromatic N) is 2. The van der Waals surface area contributed by atoms with Crippen LogP contribution in [0.3, 0.4) is 0 Å². The molecule has 0 aliphatic rings. The highest BCUT2D eigenvalue weighted by molar-refractivity contribution is 5.94. The molecule has 5 nitrogen and oxygen atoms in total. The number of aromatic nitrogens is 2. The van der Waals surface area contributed by atoms with E-state index in [4.69, 9.17) is 0 Å². The molecule has 2 N–H and O–H groups in total. The van der Waals surface area contributed by atoms with Crippen molar-refractivity contribution in [1.29, 1.82) is 0 Å². The predicted octanol–water partition coefficient (Wildman–Crippen LogP) is 2.57. The van der Waals surface area contributed by atoms with Gasteiger partial charge < -0.3 is 10.6 Å². The van der Waals surface area contributed by atoms with Crippen LogP contribution in [0.2, 0.25) is 0 Å². The Bertz CT molecular complexity index is 660. The van der Waals surface area contributed by atoms with Crippen LogP contribution in [-0.2, 0) is 7.05 Å². The first kappa shape index (κ1) is 15.1. The predicted molar refractivity (Wildman–Crippen MR) is 84.6 cm³/mol. The van der Waals surface area contributed by atoms with Gasteiger partial charge in [-0.05, 0) is 39.0 Å². The molecule has 5 heteroatoms. The number of carbonyl (C=O) groups is 1. The zero-order valence-corrected chi connectivity index (χ0v) is 13.2. The van der Waals surface area contributed by atoms with Crippen molar-refractivity contribution in [3.05, 3.63) is 46.8 Å². The van der Waals surface area contributed by atoms with Crippen molar-refractivity contribution in [2.75, 3.05) is 12.4 Å². The van der Waals surface area contributed by atoms with E-state index in [0.717, 1.165) is 17.1 Å². The first-order chi connectivity index (χ1) is 9.93. The summed E-state index contributed by atoms with van der Waals surface area (Å²) in [5.74, 6) is -0.0833. The van der Waals surface area contributed by atoms with E-state index in [1.165, 1.54) is 5.56 Å². The molecule has 0 aliphatic heterocycles. The molecule has 0 fully saturated rings. The van der Waals surface area contributed by atoms with E-state index in [1.807, 2.05) is 36.9 Å². The smallest absolute Gasteiger partial charge is 0.251 e. The zero-order chi connectivity index (χ0) is 15.6. The van der Waals surface area contributed by atoms with Gasteiger partial charge in [-0.3, -0.25) is 9.48 Å². The van der Waals surface area contributed by atoms with Crippen LogP contribution in [-0.4, -0.2) is 22.7 Å². The molecular weight excluding hydrogens is 264 g/mol. The minimum atomic E-state index is -0.0833. The normalized spacial score (nSPS) is 12.0. The molecule has 0 spiro atoms. The summed E-state index contributed by atoms with van der Waals surface area (Å²) in [5, 5.41) is 10.5. The number of rotatable bonds is 4. The number of nitrogens with one attached hydrogen (secondary N) is 2. The van der Waals surface area contributed by atoms with Crippen molar-refractivity contribution < 1.29 is 4.79 Å². The Morgan fingerprint density at radius 1 is 1.33 bits per heavy atom. The molecule has 1 atom stereocenters. The van der Waals surface area contributed by atoms with E-state index < -0.39 is 0 Å². The summed E-state index contributed by atoms with van der Waals surface area (Å²) in [4.78, 5) is 11.7. The summed E-state index contributed by atoms with van der Waals surface area (Å²) in [5.41, 5.74) is 4.94. The second-order valence-electron chi connectivity index (χ2n) is 5.23. The largest absolute Gasteiger partial charge is 0.378 e. The number of benzene rings is 1. The molecule has 2 aromatic rings. The lowest BCUT2D eigenvalue weighted by atomic mass is 10.1. The van der Waals surface area contributed by atoms with Gasteiger partial charge in [0.15, 0.2) is 0 Å². The lowest BCUT2D eigenvalue weighted by molar-refractivity contribution is 0.0963. The van der Waals surface area contributed by atoms with E-state index in [1.54, 1.807) is 13.1 Å². The average molecular weight is 286 g/mol. The third-order valence-electron chi connectivity index (χ3n) is 3.73. The van der Waals surface area contributed by atoms with Gasteiger partial charge >= 0.3 is 0 Å². The number of hydrogen-bond acceptors (Lipinski definition) is 3. The lowest BCUT2D eigenvalue weighted by Crippen LogP contribution is -2.18. The van der Waals surface area contributed by atoms with E-state index in [-0.39, 0.29) is 11.9 Å². The maximum absolute atomic E-state index is 11.7. The van der Waals surface area contributed by atoms with E-state index in [2.05, 4.69) is 29.6 Å². The number of hydrogen-bond donors (Lipinski definition) is 2. The zero-order valence-electron chi connectivity index (χ0n) is 13.2. The van der Waals surface area contributed by atoms with E-state index >= 15 is 0 Å². The molecule has 21 heavy (non-hydrogen) atoms. The molecular formula is C16H22N4O. The van der Waals surface area contributed by atoms with Crippen LogP contribution in [0.4, 0.5) is 5.69 Å². The fourth-order valence-corrected chi connectivity index (χ4v) is 2.63. The Morgan fingerprint density at radius 2 is 2.05 bits per heavy atom. The summed E-state index contributed by atoms with van der Waals surface area (Å²) in [6.07, 6.45) is 0. The summed E-state index contributed by atoms with van der Waals surface area (Å²) in [6, 6.07) is 7.62. The first-order valence-electron chi connectivity index (χ1n) is 7.02. The SMILES string of the molecule is CNC(=O)c1cccc(NC(C)c2c(C)nn(C)c2C)c1. The van der Waals surface area contributed by atoms with Gasteiger partial charge in [0.1, 0.15) is 0 Å². The van der Waals surface area contributed by atoms with E-state index in [9.17, 15) is 4.79 Å². The third-order valence-corrected chi connectivity index (χ3v) is 3.73. The maximum Gasteiger partial charge on any atom is 0.251 e. The minimum absolute atomic E-state index is 0.0833. The fourth-order valence-electron chi connectivity index (χ4n) is 2.63. The van der Waals surface area contributed by atoms with Crippen LogP contribution in [0.5, 0.6) is 0 Å². The Labute approximate surface area is 125 Å². The number of anilines is 1. The molecule has 1 aromatic carbocycles. The third kappa shape index (κ3) is 3.07. The summed E-state index contributed by atoms with van der Waals surface area (Å²) in [6.45, 7) is 6.18. The van der Waals surface area contributed by atoms with Crippen LogP contribution >= 0.6 is 0 Å². The van der Waals surface area contributed by atoms with Gasteiger partial charge in [-0.25, -0.2) is 0 Å². The topological polar surface area (TPSA) is 59.0 Å².